The first-order valence-electron chi connectivity index (χ1n) is 14.9. The monoisotopic (exact) mass is 721 g/mol. The number of Topliss-reactive ketones (excluding diaryl/α,β-unsaturated/α-hetero) is 1. The van der Waals surface area contributed by atoms with E-state index in [0.717, 1.165) is 11.3 Å². The molecule has 5 N–H and O–H groups in total. The number of carbonyl (C=O) groups is 4. The molecule has 48 heavy (non-hydrogen) atoms. The molecule has 2 amide bonds. The lowest BCUT2D eigenvalue weighted by Crippen LogP contribution is -2.32. The van der Waals surface area contributed by atoms with Crippen LogP contribution in [0.2, 0.25) is 0 Å². The molecule has 0 spiro atoms. The summed E-state index contributed by atoms with van der Waals surface area (Å²) in [6.07, 6.45) is 8.66. The van der Waals surface area contributed by atoms with Crippen LogP contribution in [-0.4, -0.2) is 105 Å². The van der Waals surface area contributed by atoms with Crippen molar-refractivity contribution in [3.05, 3.63) is 23.7 Å². The van der Waals surface area contributed by atoms with Crippen molar-refractivity contribution in [3.63, 3.8) is 0 Å². The van der Waals surface area contributed by atoms with Gasteiger partial charge >= 0.3 is 0 Å². The van der Waals surface area contributed by atoms with Gasteiger partial charge in [0.15, 0.2) is 12.2 Å². The van der Waals surface area contributed by atoms with Gasteiger partial charge in [-0.05, 0) is 44.2 Å². The summed E-state index contributed by atoms with van der Waals surface area (Å²) in [5.41, 5.74) is 10.4. The van der Waals surface area contributed by atoms with E-state index in [-0.39, 0.29) is 44.0 Å². The number of halogens is 2. The summed E-state index contributed by atoms with van der Waals surface area (Å²) in [6, 6.07) is 3.24. The molecule has 276 valence electrons. The predicted molar refractivity (Wildman–Crippen MR) is 196 cm³/mol. The van der Waals surface area contributed by atoms with Crippen molar-refractivity contribution in [2.75, 3.05) is 59.5 Å². The van der Waals surface area contributed by atoms with E-state index in [9.17, 15) is 28.0 Å². The van der Waals surface area contributed by atoms with E-state index >= 15 is 0 Å². The van der Waals surface area contributed by atoms with Gasteiger partial charge in [0.1, 0.15) is 12.0 Å². The fourth-order valence-electron chi connectivity index (χ4n) is 2.84. The van der Waals surface area contributed by atoms with Crippen molar-refractivity contribution >= 4 is 54.2 Å². The molecule has 12 nitrogen and oxygen atoms in total. The van der Waals surface area contributed by atoms with Crippen LogP contribution >= 0.6 is 24.4 Å². The Morgan fingerprint density at radius 3 is 2.19 bits per heavy atom. The first kappa shape index (κ1) is 53.9. The van der Waals surface area contributed by atoms with Gasteiger partial charge in [0.2, 0.25) is 17.6 Å². The van der Waals surface area contributed by atoms with Crippen LogP contribution in [0.4, 0.5) is 8.78 Å². The van der Waals surface area contributed by atoms with Gasteiger partial charge in [-0.3, -0.25) is 24.2 Å². The molecule has 0 aromatic carbocycles. The minimum absolute atomic E-state index is 0.0221. The molecule has 1 saturated heterocycles. The van der Waals surface area contributed by atoms with E-state index in [1.54, 1.807) is 29.0 Å². The number of unbranched alkanes of at least 4 members (excludes halogenated alkanes) is 1. The van der Waals surface area contributed by atoms with Gasteiger partial charge in [0.25, 0.3) is 5.92 Å². The number of hydrogen-bond donors (Lipinski definition) is 4. The quantitative estimate of drug-likeness (QED) is 0.0546. The van der Waals surface area contributed by atoms with Crippen LogP contribution in [0, 0.1) is 23.2 Å². The van der Waals surface area contributed by atoms with Crippen LogP contribution in [-0.2, 0) is 20.9 Å². The van der Waals surface area contributed by atoms with Crippen molar-refractivity contribution in [2.45, 2.75) is 72.3 Å². The highest BCUT2D eigenvalue weighted by Gasteiger charge is 2.40. The summed E-state index contributed by atoms with van der Waals surface area (Å²) in [5, 5.41) is 9.85. The molecule has 2 rings (SSSR count). The van der Waals surface area contributed by atoms with Crippen molar-refractivity contribution in [3.8, 4) is 17.9 Å². The maximum absolute atomic E-state index is 13.0. The number of carbonyl (C=O) groups excluding carboxylic acids is 4. The summed E-state index contributed by atoms with van der Waals surface area (Å²) in [5.74, 6) is 2.42. The molecule has 1 aliphatic heterocycles. The Labute approximate surface area is 296 Å². The Kier molecular flexibility index (Phi) is 42.5. The predicted octanol–water partition coefficient (Wildman–Crippen LogP) is 4.25. The summed E-state index contributed by atoms with van der Waals surface area (Å²) < 4.78 is 31.0. The third-order valence-electron chi connectivity index (χ3n) is 4.81. The number of alkyl halides is 2. The number of rotatable bonds is 9. The summed E-state index contributed by atoms with van der Waals surface area (Å²) in [4.78, 5) is 51.2. The Morgan fingerprint density at radius 2 is 1.77 bits per heavy atom. The number of thioether (sulfide) groups is 1. The lowest BCUT2D eigenvalue weighted by molar-refractivity contribution is -0.134. The van der Waals surface area contributed by atoms with Crippen molar-refractivity contribution in [1.29, 1.82) is 5.26 Å². The lowest BCUT2D eigenvalue weighted by Gasteiger charge is -2.15. The van der Waals surface area contributed by atoms with Gasteiger partial charge in [-0.2, -0.15) is 29.7 Å². The van der Waals surface area contributed by atoms with Gasteiger partial charge in [0.05, 0.1) is 24.7 Å². The van der Waals surface area contributed by atoms with Gasteiger partial charge in [0, 0.05) is 66.7 Å². The number of aldehydes is 1. The van der Waals surface area contributed by atoms with Gasteiger partial charge in [-0.25, -0.2) is 8.78 Å². The molecule has 1 aromatic heterocycles. The Bertz CT molecular complexity index is 1120. The van der Waals surface area contributed by atoms with Crippen LogP contribution in [0.1, 0.15) is 75.9 Å². The van der Waals surface area contributed by atoms with Crippen molar-refractivity contribution < 1.29 is 32.4 Å². The SMILES string of the molecule is CC.CC#N.CC(=O)C#CCCCN=C(N)N(C)C.CN.CS.CSC.O=Cc1coc(CNC(=O)CCC(=O)N2CCC(F)(F)C2)c1. The van der Waals surface area contributed by atoms with Crippen LogP contribution < -0.4 is 16.8 Å². The number of ketones is 1. The number of guanidine groups is 1. The number of furan rings is 1. The fraction of sp³-hybridized carbons (Fsp3) is 0.625. The number of amides is 2. The molecule has 0 unspecified atom stereocenters. The Hall–Kier alpha value is -3.60. The zero-order valence-corrected chi connectivity index (χ0v) is 31.9. The first-order valence-corrected chi connectivity index (χ1v) is 17.4. The van der Waals surface area contributed by atoms with Crippen LogP contribution in [0.15, 0.2) is 21.7 Å². The zero-order chi connectivity index (χ0) is 38.6. The topological polar surface area (TPSA) is 188 Å². The summed E-state index contributed by atoms with van der Waals surface area (Å²) in [7, 11) is 5.18. The smallest absolute Gasteiger partial charge is 0.267 e. The maximum Gasteiger partial charge on any atom is 0.267 e. The number of nitrogens with zero attached hydrogens (tertiary/aromatic N) is 4. The normalized spacial score (nSPS) is 11.5. The number of aliphatic imine (C=N–C) groups is 1. The maximum atomic E-state index is 13.0. The second kappa shape index (κ2) is 37.9. The van der Waals surface area contributed by atoms with E-state index in [1.165, 1.54) is 33.2 Å². The lowest BCUT2D eigenvalue weighted by atomic mass is 10.2. The highest BCUT2D eigenvalue weighted by atomic mass is 32.2. The second-order valence-electron chi connectivity index (χ2n) is 8.89. The van der Waals surface area contributed by atoms with Gasteiger partial charge in [-0.1, -0.05) is 19.8 Å². The van der Waals surface area contributed by atoms with Gasteiger partial charge < -0.3 is 31.0 Å². The van der Waals surface area contributed by atoms with E-state index in [1.807, 2.05) is 40.5 Å². The number of thiol groups is 1. The largest absolute Gasteiger partial charge is 0.467 e. The molecule has 1 fully saturated rings. The van der Waals surface area contributed by atoms with E-state index < -0.39 is 18.4 Å². The molecule has 0 atom stereocenters. The molecule has 0 radical (unpaired) electrons. The highest BCUT2D eigenvalue weighted by Crippen LogP contribution is 2.27. The third kappa shape index (κ3) is 35.3. The summed E-state index contributed by atoms with van der Waals surface area (Å²) >= 11 is 5.28. The van der Waals surface area contributed by atoms with Crippen molar-refractivity contribution in [1.82, 2.24) is 15.1 Å². The molecular weight excluding hydrogens is 665 g/mol. The summed E-state index contributed by atoms with van der Waals surface area (Å²) in [6.45, 7) is 7.08. The average molecular weight is 722 g/mol. The molecule has 0 bridgehead atoms. The van der Waals surface area contributed by atoms with Gasteiger partial charge in [-0.15, -0.1) is 0 Å². The minimum Gasteiger partial charge on any atom is -0.467 e. The molecule has 1 aromatic rings. The number of hydrogen-bond acceptors (Lipinski definition) is 10. The molecule has 2 heterocycles. The highest BCUT2D eigenvalue weighted by molar-refractivity contribution is 7.97. The fourth-order valence-corrected chi connectivity index (χ4v) is 2.84. The Balaban J connectivity index is -0.000000204. The number of likely N-dealkylation sites (tertiary alicyclic amines) is 1. The molecule has 1 aliphatic rings. The second-order valence-corrected chi connectivity index (χ2v) is 9.71. The first-order chi connectivity index (χ1) is 22.8. The third-order valence-corrected chi connectivity index (χ3v) is 4.81. The molecule has 16 heteroatoms. The molecule has 0 aliphatic carbocycles. The number of nitrogens with two attached hydrogens (primary N) is 2. The number of nitrogens with one attached hydrogen (secondary N) is 1. The van der Waals surface area contributed by atoms with Crippen molar-refractivity contribution in [2.24, 2.45) is 16.5 Å². The van der Waals surface area contributed by atoms with E-state index in [2.05, 4.69) is 40.5 Å². The van der Waals surface area contributed by atoms with E-state index in [4.69, 9.17) is 15.4 Å². The minimum atomic E-state index is -2.83. The van der Waals surface area contributed by atoms with E-state index in [0.29, 0.717) is 36.5 Å². The van der Waals surface area contributed by atoms with Crippen LogP contribution in [0.5, 0.6) is 0 Å². The van der Waals surface area contributed by atoms with Crippen LogP contribution in [0.25, 0.3) is 0 Å². The zero-order valence-electron chi connectivity index (χ0n) is 30.2. The average Bonchev–Trinajstić information content (AvgIpc) is 3.69. The van der Waals surface area contributed by atoms with Crippen LogP contribution in [0.3, 0.4) is 0 Å². The number of nitriles is 1. The molecular formula is C32H57F2N7O5S2. The standard InChI is InChI=1S/C14H16F2N2O4.C10H17N3O.C2H3N.C2H6S.C2H6.CH5N.CH4S/c15-14(16)3-4-18(9-14)13(21)2-1-12(20)17-6-11-5-10(7-19)8-22-11;1-9(14)7-5-4-6-8-12-10(11)13(2)3;1-2-3;1-3-2;3*1-2/h5,7-8H,1-4,6,9H2,(H,17,20);4,6,8H2,1-3H3,(H2,11,12);1H3;1-2H3;1-2H3;2H2,1H3;2H,1H3. The molecule has 0 saturated carbocycles. The Morgan fingerprint density at radius 1 is 1.23 bits per heavy atom.